The van der Waals surface area contributed by atoms with Crippen molar-refractivity contribution in [3.8, 4) is 5.75 Å². The van der Waals surface area contributed by atoms with Crippen LogP contribution in [0.25, 0.3) is 0 Å². The lowest BCUT2D eigenvalue weighted by Gasteiger charge is -2.22. The minimum absolute atomic E-state index is 0.0000839. The Morgan fingerprint density at radius 2 is 2.08 bits per heavy atom. The van der Waals surface area contributed by atoms with Crippen LogP contribution in [0.15, 0.2) is 42.5 Å². The van der Waals surface area contributed by atoms with Crippen molar-refractivity contribution >= 4 is 5.91 Å². The maximum atomic E-state index is 12.9. The van der Waals surface area contributed by atoms with E-state index < -0.39 is 0 Å². The van der Waals surface area contributed by atoms with Crippen LogP contribution < -0.4 is 4.74 Å². The second-order valence-electron chi connectivity index (χ2n) is 6.90. The molecular formula is C21H23NO3. The fourth-order valence-corrected chi connectivity index (χ4v) is 3.96. The van der Waals surface area contributed by atoms with Crippen LogP contribution in [-0.2, 0) is 24.4 Å². The van der Waals surface area contributed by atoms with Crippen molar-refractivity contribution in [3.05, 3.63) is 64.7 Å². The van der Waals surface area contributed by atoms with E-state index in [-0.39, 0.29) is 12.5 Å². The molecule has 1 N–H and O–H groups in total. The van der Waals surface area contributed by atoms with E-state index in [9.17, 15) is 9.90 Å². The van der Waals surface area contributed by atoms with E-state index in [0.29, 0.717) is 32.0 Å². The Morgan fingerprint density at radius 3 is 2.96 bits per heavy atom. The van der Waals surface area contributed by atoms with Crippen LogP contribution in [0.3, 0.4) is 0 Å². The SMILES string of the molecule is O=C(CC1CCc2ccccc21)N1CCOc2ccc(CO)cc2C1. The second-order valence-corrected chi connectivity index (χ2v) is 6.90. The van der Waals surface area contributed by atoms with Gasteiger partial charge >= 0.3 is 0 Å². The molecule has 130 valence electrons. The van der Waals surface area contributed by atoms with E-state index in [2.05, 4.69) is 24.3 Å². The monoisotopic (exact) mass is 337 g/mol. The van der Waals surface area contributed by atoms with Crippen LogP contribution in [-0.4, -0.2) is 29.1 Å². The molecule has 0 saturated heterocycles. The summed E-state index contributed by atoms with van der Waals surface area (Å²) in [5, 5.41) is 9.35. The Hall–Kier alpha value is -2.33. The van der Waals surface area contributed by atoms with E-state index in [1.165, 1.54) is 11.1 Å². The van der Waals surface area contributed by atoms with E-state index in [1.807, 2.05) is 23.1 Å². The smallest absolute Gasteiger partial charge is 0.223 e. The zero-order chi connectivity index (χ0) is 17.2. The highest BCUT2D eigenvalue weighted by molar-refractivity contribution is 5.77. The molecule has 1 amide bonds. The Bertz CT molecular complexity index is 786. The van der Waals surface area contributed by atoms with Crippen molar-refractivity contribution < 1.29 is 14.6 Å². The first-order chi connectivity index (χ1) is 12.2. The van der Waals surface area contributed by atoms with Crippen molar-refractivity contribution in [2.24, 2.45) is 0 Å². The summed E-state index contributed by atoms with van der Waals surface area (Å²) in [5.74, 6) is 1.34. The Labute approximate surface area is 148 Å². The number of aryl methyl sites for hydroxylation is 1. The number of aliphatic hydroxyl groups excluding tert-OH is 1. The van der Waals surface area contributed by atoms with Crippen LogP contribution in [0, 0.1) is 0 Å². The van der Waals surface area contributed by atoms with Crippen molar-refractivity contribution in [1.82, 2.24) is 4.90 Å². The van der Waals surface area contributed by atoms with E-state index in [0.717, 1.165) is 29.7 Å². The molecule has 1 heterocycles. The van der Waals surface area contributed by atoms with Crippen LogP contribution >= 0.6 is 0 Å². The molecule has 1 aliphatic heterocycles. The van der Waals surface area contributed by atoms with Crippen LogP contribution in [0.5, 0.6) is 5.75 Å². The molecule has 0 aromatic heterocycles. The largest absolute Gasteiger partial charge is 0.491 e. The summed E-state index contributed by atoms with van der Waals surface area (Å²) in [5.41, 5.74) is 4.55. The van der Waals surface area contributed by atoms with Gasteiger partial charge in [-0.15, -0.1) is 0 Å². The predicted octanol–water partition coefficient (Wildman–Crippen LogP) is 3.02. The molecule has 1 atom stereocenters. The fourth-order valence-electron chi connectivity index (χ4n) is 3.96. The van der Waals surface area contributed by atoms with Crippen LogP contribution in [0.4, 0.5) is 0 Å². The third-order valence-corrected chi connectivity index (χ3v) is 5.32. The lowest BCUT2D eigenvalue weighted by molar-refractivity contribution is -0.132. The molecule has 25 heavy (non-hydrogen) atoms. The van der Waals surface area contributed by atoms with Gasteiger partial charge in [0.15, 0.2) is 0 Å². The number of amides is 1. The third kappa shape index (κ3) is 3.27. The van der Waals surface area contributed by atoms with Crippen LogP contribution in [0.1, 0.15) is 41.0 Å². The number of rotatable bonds is 3. The normalized spacial score (nSPS) is 18.9. The molecule has 4 rings (SSSR count). The number of fused-ring (bicyclic) bond motifs is 2. The van der Waals surface area contributed by atoms with Gasteiger partial charge in [0.25, 0.3) is 0 Å². The first kappa shape index (κ1) is 16.2. The highest BCUT2D eigenvalue weighted by Gasteiger charge is 2.27. The lowest BCUT2D eigenvalue weighted by Crippen LogP contribution is -2.33. The molecule has 2 aliphatic rings. The summed E-state index contributed by atoms with van der Waals surface area (Å²) >= 11 is 0. The highest BCUT2D eigenvalue weighted by Crippen LogP contribution is 2.36. The molecule has 1 unspecified atom stereocenters. The summed E-state index contributed by atoms with van der Waals surface area (Å²) in [6, 6.07) is 14.2. The molecule has 1 aliphatic carbocycles. The van der Waals surface area contributed by atoms with Gasteiger partial charge in [0, 0.05) is 18.5 Å². The quantitative estimate of drug-likeness (QED) is 0.937. The average molecular weight is 337 g/mol. The van der Waals surface area contributed by atoms with Gasteiger partial charge in [-0.25, -0.2) is 0 Å². The topological polar surface area (TPSA) is 49.8 Å². The average Bonchev–Trinajstić information content (AvgIpc) is 2.92. The molecule has 2 aromatic rings. The first-order valence-electron chi connectivity index (χ1n) is 8.95. The van der Waals surface area contributed by atoms with Gasteiger partial charge in [0.1, 0.15) is 12.4 Å². The zero-order valence-electron chi connectivity index (χ0n) is 14.3. The number of carbonyl (C=O) groups excluding carboxylic acids is 1. The minimum Gasteiger partial charge on any atom is -0.491 e. The van der Waals surface area contributed by atoms with Crippen LogP contribution in [0.2, 0.25) is 0 Å². The minimum atomic E-state index is 0.0000839. The van der Waals surface area contributed by atoms with Crippen molar-refractivity contribution in [1.29, 1.82) is 0 Å². The molecule has 4 nitrogen and oxygen atoms in total. The third-order valence-electron chi connectivity index (χ3n) is 5.32. The number of ether oxygens (including phenoxy) is 1. The number of carbonyl (C=O) groups is 1. The standard InChI is InChI=1S/C21H23NO3/c23-14-15-5-8-20-18(11-15)13-22(9-10-25-20)21(24)12-17-7-6-16-3-1-2-4-19(16)17/h1-5,8,11,17,23H,6-7,9-10,12-14H2. The number of benzene rings is 2. The predicted molar refractivity (Wildman–Crippen MR) is 95.4 cm³/mol. The number of hydrogen-bond acceptors (Lipinski definition) is 3. The Balaban J connectivity index is 1.49. The Kier molecular flexibility index (Phi) is 4.45. The van der Waals surface area contributed by atoms with Gasteiger partial charge in [-0.1, -0.05) is 30.3 Å². The highest BCUT2D eigenvalue weighted by atomic mass is 16.5. The van der Waals surface area contributed by atoms with Crippen molar-refractivity contribution in [2.75, 3.05) is 13.2 Å². The second kappa shape index (κ2) is 6.89. The van der Waals surface area contributed by atoms with E-state index >= 15 is 0 Å². The zero-order valence-corrected chi connectivity index (χ0v) is 14.3. The fraction of sp³-hybridized carbons (Fsp3) is 0.381. The van der Waals surface area contributed by atoms with Gasteiger partial charge in [0.2, 0.25) is 5.91 Å². The summed E-state index contributed by atoms with van der Waals surface area (Å²) in [6.07, 6.45) is 2.69. The van der Waals surface area contributed by atoms with E-state index in [1.54, 1.807) is 0 Å². The number of aliphatic hydroxyl groups is 1. The maximum absolute atomic E-state index is 12.9. The van der Waals surface area contributed by atoms with Gasteiger partial charge in [0.05, 0.1) is 13.2 Å². The van der Waals surface area contributed by atoms with Gasteiger partial charge in [-0.05, 0) is 47.6 Å². The number of nitrogens with zero attached hydrogens (tertiary/aromatic N) is 1. The van der Waals surface area contributed by atoms with Crippen molar-refractivity contribution in [3.63, 3.8) is 0 Å². The Morgan fingerprint density at radius 1 is 1.20 bits per heavy atom. The maximum Gasteiger partial charge on any atom is 0.223 e. The summed E-state index contributed by atoms with van der Waals surface area (Å²) in [6.45, 7) is 1.67. The van der Waals surface area contributed by atoms with Gasteiger partial charge in [-0.3, -0.25) is 4.79 Å². The molecule has 4 heteroatoms. The van der Waals surface area contributed by atoms with Gasteiger partial charge < -0.3 is 14.7 Å². The molecule has 0 fully saturated rings. The van der Waals surface area contributed by atoms with E-state index in [4.69, 9.17) is 4.74 Å². The summed E-state index contributed by atoms with van der Waals surface area (Å²) < 4.78 is 5.78. The summed E-state index contributed by atoms with van der Waals surface area (Å²) in [7, 11) is 0. The molecule has 0 bridgehead atoms. The molecule has 0 saturated carbocycles. The lowest BCUT2D eigenvalue weighted by atomic mass is 9.97. The summed E-state index contributed by atoms with van der Waals surface area (Å²) in [4.78, 5) is 14.8. The molecule has 2 aromatic carbocycles. The van der Waals surface area contributed by atoms with Gasteiger partial charge in [-0.2, -0.15) is 0 Å². The first-order valence-corrected chi connectivity index (χ1v) is 8.95. The molecule has 0 radical (unpaired) electrons. The number of hydrogen-bond donors (Lipinski definition) is 1. The molecule has 0 spiro atoms. The van der Waals surface area contributed by atoms with Crippen molar-refractivity contribution in [2.45, 2.75) is 38.3 Å². The molecular weight excluding hydrogens is 314 g/mol.